The third-order valence-corrected chi connectivity index (χ3v) is 8.21. The predicted octanol–water partition coefficient (Wildman–Crippen LogP) is 4.26. The minimum atomic E-state index is -0.600. The minimum absolute atomic E-state index is 0.0312. The Bertz CT molecular complexity index is 932. The van der Waals surface area contributed by atoms with Crippen LogP contribution in [0.2, 0.25) is 0 Å². The second kappa shape index (κ2) is 7.44. The van der Waals surface area contributed by atoms with E-state index in [9.17, 15) is 14.0 Å². The van der Waals surface area contributed by atoms with Gasteiger partial charge in [-0.15, -0.1) is 0 Å². The third kappa shape index (κ3) is 4.00. The summed E-state index contributed by atoms with van der Waals surface area (Å²) in [6.45, 7) is 5.84. The van der Waals surface area contributed by atoms with Crippen LogP contribution in [-0.2, 0) is 0 Å². The van der Waals surface area contributed by atoms with E-state index in [2.05, 4.69) is 24.5 Å². The van der Waals surface area contributed by atoms with Crippen LogP contribution in [0.25, 0.3) is 0 Å². The molecule has 7 heteroatoms. The fourth-order valence-electron chi connectivity index (χ4n) is 8.11. The second-order valence-corrected chi connectivity index (χ2v) is 11.8. The van der Waals surface area contributed by atoms with Gasteiger partial charge in [0.15, 0.2) is 0 Å². The number of urea groups is 1. The molecule has 2 unspecified atom stereocenters. The van der Waals surface area contributed by atoms with Crippen molar-refractivity contribution in [1.82, 2.24) is 10.2 Å². The molecule has 1 saturated heterocycles. The summed E-state index contributed by atoms with van der Waals surface area (Å²) in [5, 5.41) is 5.93. The lowest BCUT2D eigenvalue weighted by Gasteiger charge is -2.65. The van der Waals surface area contributed by atoms with Crippen LogP contribution in [0.5, 0.6) is 0 Å². The molecular formula is C25H35FN4O2. The van der Waals surface area contributed by atoms with Gasteiger partial charge in [-0.3, -0.25) is 4.79 Å². The number of benzene rings is 1. The van der Waals surface area contributed by atoms with Gasteiger partial charge in [0.1, 0.15) is 5.82 Å². The molecule has 4 saturated carbocycles. The van der Waals surface area contributed by atoms with Gasteiger partial charge >= 0.3 is 6.03 Å². The number of nitrogens with one attached hydrogen (secondary N) is 2. The molecule has 0 aromatic heterocycles. The van der Waals surface area contributed by atoms with Crippen molar-refractivity contribution >= 4 is 17.6 Å². The van der Waals surface area contributed by atoms with Gasteiger partial charge in [-0.1, -0.05) is 13.8 Å². The summed E-state index contributed by atoms with van der Waals surface area (Å²) in [5.41, 5.74) is 6.71. The van der Waals surface area contributed by atoms with Crippen molar-refractivity contribution in [2.45, 2.75) is 76.8 Å². The number of anilines is 1. The number of hydrogen-bond acceptors (Lipinski definition) is 3. The van der Waals surface area contributed by atoms with Crippen LogP contribution in [0, 0.1) is 22.6 Å². The molecule has 174 valence electrons. The van der Waals surface area contributed by atoms with Crippen molar-refractivity contribution < 1.29 is 14.0 Å². The maximum absolute atomic E-state index is 14.8. The molecule has 6 rings (SSSR count). The minimum Gasteiger partial charge on any atom is -0.337 e. The summed E-state index contributed by atoms with van der Waals surface area (Å²) in [6.07, 6.45) is 8.49. The number of carbonyl (C=O) groups is 2. The first kappa shape index (κ1) is 21.7. The first-order chi connectivity index (χ1) is 15.1. The first-order valence-corrected chi connectivity index (χ1v) is 12.0. The first-order valence-electron chi connectivity index (χ1n) is 12.0. The Morgan fingerprint density at radius 2 is 1.84 bits per heavy atom. The smallest absolute Gasteiger partial charge is 0.319 e. The summed E-state index contributed by atoms with van der Waals surface area (Å²) in [5.74, 6) is -0.159. The molecule has 1 heterocycles. The highest BCUT2D eigenvalue weighted by Gasteiger charge is 2.60. The van der Waals surface area contributed by atoms with Crippen molar-refractivity contribution in [1.29, 1.82) is 0 Å². The molecule has 4 N–H and O–H groups in total. The van der Waals surface area contributed by atoms with Gasteiger partial charge in [-0.05, 0) is 86.3 Å². The zero-order valence-corrected chi connectivity index (χ0v) is 19.2. The fourth-order valence-corrected chi connectivity index (χ4v) is 8.11. The van der Waals surface area contributed by atoms with E-state index in [-0.39, 0.29) is 45.6 Å². The normalized spacial score (nSPS) is 37.9. The van der Waals surface area contributed by atoms with Crippen molar-refractivity contribution in [2.75, 3.05) is 18.4 Å². The fraction of sp³-hybridized carbons (Fsp3) is 0.680. The van der Waals surface area contributed by atoms with Gasteiger partial charge in [-0.25, -0.2) is 9.18 Å². The lowest BCUT2D eigenvalue weighted by Crippen LogP contribution is -2.65. The second-order valence-electron chi connectivity index (χ2n) is 11.8. The van der Waals surface area contributed by atoms with E-state index < -0.39 is 5.82 Å². The molecule has 5 fully saturated rings. The number of rotatable bonds is 3. The lowest BCUT2D eigenvalue weighted by molar-refractivity contribution is -0.113. The van der Waals surface area contributed by atoms with E-state index in [1.54, 1.807) is 11.0 Å². The SMILES string of the molecule is C[C@]12CC3CC(NC(=O)Nc4ccc(C(=O)N5CCC[C@H](N)C5)cc4F)(C1)C[C@@](C)(C3)C2. The molecule has 4 bridgehead atoms. The highest BCUT2D eigenvalue weighted by Crippen LogP contribution is 2.66. The quantitative estimate of drug-likeness (QED) is 0.654. The molecule has 5 aliphatic rings. The van der Waals surface area contributed by atoms with Gasteiger partial charge in [0.05, 0.1) is 5.69 Å². The van der Waals surface area contributed by atoms with Crippen molar-refractivity contribution in [3.63, 3.8) is 0 Å². The average Bonchev–Trinajstić information content (AvgIpc) is 2.65. The monoisotopic (exact) mass is 442 g/mol. The molecule has 1 aromatic carbocycles. The summed E-state index contributed by atoms with van der Waals surface area (Å²) in [7, 11) is 0. The number of hydrogen-bond donors (Lipinski definition) is 3. The van der Waals surface area contributed by atoms with E-state index in [0.717, 1.165) is 32.1 Å². The maximum atomic E-state index is 14.8. The van der Waals surface area contributed by atoms with Crippen LogP contribution >= 0.6 is 0 Å². The van der Waals surface area contributed by atoms with Crippen LogP contribution < -0.4 is 16.4 Å². The molecule has 4 aliphatic carbocycles. The van der Waals surface area contributed by atoms with Crippen LogP contribution in [0.3, 0.4) is 0 Å². The molecule has 6 nitrogen and oxygen atoms in total. The molecule has 1 aliphatic heterocycles. The standard InChI is InChI=1S/C25H35FN4O2/c1-23-9-16-10-24(2,13-23)15-25(11-16,14-23)29-22(32)28-20-6-5-17(8-19(20)26)21(31)30-7-3-4-18(27)12-30/h5-6,8,16,18H,3-4,7,9-15,27H2,1-2H3,(H2,28,29,32)/t16?,18-,23-,24+,25?/m0/s1. The van der Waals surface area contributed by atoms with Crippen LogP contribution in [0.1, 0.15) is 75.6 Å². The summed E-state index contributed by atoms with van der Waals surface area (Å²) in [6, 6.07) is 3.88. The number of amides is 3. The van der Waals surface area contributed by atoms with Crippen LogP contribution in [0.15, 0.2) is 18.2 Å². The van der Waals surface area contributed by atoms with E-state index in [1.807, 2.05) is 0 Å². The zero-order chi connectivity index (χ0) is 22.7. The van der Waals surface area contributed by atoms with Gasteiger partial charge in [0.2, 0.25) is 0 Å². The van der Waals surface area contributed by atoms with E-state index in [1.165, 1.54) is 31.4 Å². The van der Waals surface area contributed by atoms with Crippen molar-refractivity contribution in [3.8, 4) is 0 Å². The highest BCUT2D eigenvalue weighted by molar-refractivity contribution is 5.96. The van der Waals surface area contributed by atoms with E-state index >= 15 is 0 Å². The van der Waals surface area contributed by atoms with Gasteiger partial charge in [0, 0.05) is 30.2 Å². The number of halogens is 1. The topological polar surface area (TPSA) is 87.5 Å². The number of carbonyl (C=O) groups excluding carboxylic acids is 2. The number of nitrogens with two attached hydrogens (primary N) is 1. The Labute approximate surface area is 189 Å². The highest BCUT2D eigenvalue weighted by atomic mass is 19.1. The number of piperidine rings is 1. The lowest BCUT2D eigenvalue weighted by atomic mass is 9.43. The Hall–Kier alpha value is -2.15. The Morgan fingerprint density at radius 3 is 2.47 bits per heavy atom. The molecule has 5 atom stereocenters. The largest absolute Gasteiger partial charge is 0.337 e. The molecule has 0 radical (unpaired) electrons. The predicted molar refractivity (Wildman–Crippen MR) is 122 cm³/mol. The Morgan fingerprint density at radius 1 is 1.12 bits per heavy atom. The number of likely N-dealkylation sites (tertiary alicyclic amines) is 1. The molecule has 1 aromatic rings. The number of nitrogens with zero attached hydrogens (tertiary/aromatic N) is 1. The molecule has 32 heavy (non-hydrogen) atoms. The summed E-state index contributed by atoms with van der Waals surface area (Å²) >= 11 is 0. The molecule has 0 spiro atoms. The maximum Gasteiger partial charge on any atom is 0.319 e. The molecule has 3 amide bonds. The zero-order valence-electron chi connectivity index (χ0n) is 19.2. The third-order valence-electron chi connectivity index (χ3n) is 8.21. The van der Waals surface area contributed by atoms with E-state index in [0.29, 0.717) is 19.0 Å². The van der Waals surface area contributed by atoms with Gasteiger partial charge < -0.3 is 21.3 Å². The van der Waals surface area contributed by atoms with Crippen LogP contribution in [0.4, 0.5) is 14.9 Å². The molecular weight excluding hydrogens is 407 g/mol. The van der Waals surface area contributed by atoms with Crippen molar-refractivity contribution in [3.05, 3.63) is 29.6 Å². The van der Waals surface area contributed by atoms with Gasteiger partial charge in [-0.2, -0.15) is 0 Å². The average molecular weight is 443 g/mol. The Kier molecular flexibility index (Phi) is 5.04. The Balaban J connectivity index is 1.26. The van der Waals surface area contributed by atoms with Crippen LogP contribution in [-0.4, -0.2) is 41.5 Å². The van der Waals surface area contributed by atoms with E-state index in [4.69, 9.17) is 5.73 Å². The van der Waals surface area contributed by atoms with Gasteiger partial charge in [0.25, 0.3) is 5.91 Å². The van der Waals surface area contributed by atoms with Crippen molar-refractivity contribution in [2.24, 2.45) is 22.5 Å². The summed E-state index contributed by atoms with van der Waals surface area (Å²) in [4.78, 5) is 27.3. The summed E-state index contributed by atoms with van der Waals surface area (Å²) < 4.78 is 14.8.